The molecule has 0 fully saturated rings. The second kappa shape index (κ2) is 13.4. The van der Waals surface area contributed by atoms with Crippen molar-refractivity contribution in [2.45, 2.75) is 32.5 Å². The minimum absolute atomic E-state index is 0.150. The number of aliphatic hydroxyl groups is 1. The highest BCUT2D eigenvalue weighted by Gasteiger charge is 2.40. The molecule has 1 aliphatic heterocycles. The van der Waals surface area contributed by atoms with Crippen molar-refractivity contribution in [2.24, 2.45) is 5.41 Å². The average molecular weight is 608 g/mol. The summed E-state index contributed by atoms with van der Waals surface area (Å²) in [6, 6.07) is 16.9. The maximum atomic E-state index is 14.2. The van der Waals surface area contributed by atoms with E-state index in [1.165, 1.54) is 20.3 Å². The molecule has 226 valence electrons. The van der Waals surface area contributed by atoms with Gasteiger partial charge in [0, 0.05) is 58.5 Å². The van der Waals surface area contributed by atoms with Crippen molar-refractivity contribution < 1.29 is 38.8 Å². The number of rotatable bonds is 11. The van der Waals surface area contributed by atoms with Gasteiger partial charge in [0.2, 0.25) is 0 Å². The van der Waals surface area contributed by atoms with Gasteiger partial charge in [0.05, 0.1) is 14.2 Å². The highest BCUT2D eigenvalue weighted by Crippen LogP contribution is 2.45. The van der Waals surface area contributed by atoms with Crippen LogP contribution in [0.25, 0.3) is 6.08 Å². The van der Waals surface area contributed by atoms with Gasteiger partial charge in [-0.1, -0.05) is 61.8 Å². The highest BCUT2D eigenvalue weighted by molar-refractivity contribution is 6.30. The SMILES string of the molecule is COc1cccc([C@H]2O[C@H](CC(=O)c3ccc(/C=C/C(=O)O)cc3)C(=O)N(CC(C)(C)CO)c3ccc(Cl)cc32)c1OC. The van der Waals surface area contributed by atoms with Gasteiger partial charge in [-0.05, 0) is 35.9 Å². The van der Waals surface area contributed by atoms with Crippen LogP contribution in [-0.4, -0.2) is 61.3 Å². The van der Waals surface area contributed by atoms with Crippen LogP contribution in [0.2, 0.25) is 5.02 Å². The number of carbonyl (C=O) groups excluding carboxylic acids is 2. The summed E-state index contributed by atoms with van der Waals surface area (Å²) in [6.07, 6.45) is 0.0776. The van der Waals surface area contributed by atoms with Crippen LogP contribution in [0.5, 0.6) is 11.5 Å². The molecule has 3 aromatic rings. The number of ether oxygens (including phenoxy) is 3. The van der Waals surface area contributed by atoms with Crippen LogP contribution in [0.1, 0.15) is 53.4 Å². The van der Waals surface area contributed by atoms with Crippen molar-refractivity contribution >= 4 is 41.0 Å². The third kappa shape index (κ3) is 7.25. The fourth-order valence-corrected chi connectivity index (χ4v) is 5.12. The summed E-state index contributed by atoms with van der Waals surface area (Å²) in [7, 11) is 3.03. The lowest BCUT2D eigenvalue weighted by Gasteiger charge is -2.32. The molecule has 0 aromatic heterocycles. The first kappa shape index (κ1) is 31.7. The first-order valence-electron chi connectivity index (χ1n) is 13.6. The molecule has 0 bridgehead atoms. The van der Waals surface area contributed by atoms with Gasteiger partial charge in [0.25, 0.3) is 5.91 Å². The van der Waals surface area contributed by atoms with Crippen molar-refractivity contribution in [3.05, 3.63) is 94.0 Å². The molecule has 4 rings (SSSR count). The molecule has 1 aliphatic rings. The lowest BCUT2D eigenvalue weighted by Crippen LogP contribution is -2.45. The molecule has 0 saturated carbocycles. The quantitative estimate of drug-likeness (QED) is 0.214. The standard InChI is InChI=1S/C33H34ClNO8/c1-33(2,19-36)18-35-25-14-13-22(34)16-24(25)30(23-6-5-7-27(41-3)31(23)42-4)43-28(32(35)40)17-26(37)21-11-8-20(9-12-21)10-15-29(38)39/h5-16,28,30,36H,17-19H2,1-4H3,(H,38,39)/b15-10+/t28-,30-/m1/s1. The molecule has 0 aliphatic carbocycles. The van der Waals surface area contributed by atoms with Crippen LogP contribution >= 0.6 is 11.6 Å². The molecule has 2 N–H and O–H groups in total. The number of nitrogens with zero attached hydrogens (tertiary/aromatic N) is 1. The molecule has 1 amide bonds. The molecule has 0 spiro atoms. The van der Waals surface area contributed by atoms with Gasteiger partial charge < -0.3 is 29.3 Å². The van der Waals surface area contributed by atoms with E-state index in [4.69, 9.17) is 30.9 Å². The van der Waals surface area contributed by atoms with Gasteiger partial charge in [-0.15, -0.1) is 0 Å². The molecule has 0 radical (unpaired) electrons. The molecule has 3 aromatic carbocycles. The van der Waals surface area contributed by atoms with E-state index in [0.29, 0.717) is 44.5 Å². The maximum Gasteiger partial charge on any atom is 0.328 e. The number of benzene rings is 3. The van der Waals surface area contributed by atoms with Gasteiger partial charge in [-0.25, -0.2) is 4.79 Å². The zero-order valence-electron chi connectivity index (χ0n) is 24.4. The Morgan fingerprint density at radius 1 is 1.05 bits per heavy atom. The van der Waals surface area contributed by atoms with Crippen molar-refractivity contribution in [3.63, 3.8) is 0 Å². The van der Waals surface area contributed by atoms with E-state index in [9.17, 15) is 19.5 Å². The number of hydrogen-bond acceptors (Lipinski definition) is 7. The fraction of sp³-hybridized carbons (Fsp3) is 0.303. The molecule has 43 heavy (non-hydrogen) atoms. The number of carbonyl (C=O) groups is 3. The number of para-hydroxylation sites is 1. The minimum atomic E-state index is -1.21. The number of aliphatic carboxylic acids is 1. The zero-order chi connectivity index (χ0) is 31.3. The number of carboxylic acids is 1. The van der Waals surface area contributed by atoms with E-state index in [-0.39, 0.29) is 25.4 Å². The van der Waals surface area contributed by atoms with E-state index >= 15 is 0 Å². The summed E-state index contributed by atoms with van der Waals surface area (Å²) in [5.74, 6) is -0.987. The first-order valence-corrected chi connectivity index (χ1v) is 14.0. The number of anilines is 1. The molecule has 1 heterocycles. The molecule has 9 nitrogen and oxygen atoms in total. The van der Waals surface area contributed by atoms with Gasteiger partial charge in [0.15, 0.2) is 17.3 Å². The first-order chi connectivity index (χ1) is 20.5. The van der Waals surface area contributed by atoms with Crippen molar-refractivity contribution in [1.29, 1.82) is 0 Å². The van der Waals surface area contributed by atoms with Crippen molar-refractivity contribution in [2.75, 3.05) is 32.3 Å². The number of hydrogen-bond donors (Lipinski definition) is 2. The van der Waals surface area contributed by atoms with E-state index in [1.54, 1.807) is 65.6 Å². The van der Waals surface area contributed by atoms with E-state index < -0.39 is 29.5 Å². The van der Waals surface area contributed by atoms with Crippen LogP contribution < -0.4 is 14.4 Å². The third-order valence-corrected chi connectivity index (χ3v) is 7.39. The molecule has 10 heteroatoms. The van der Waals surface area contributed by atoms with Crippen LogP contribution in [0.4, 0.5) is 5.69 Å². The monoisotopic (exact) mass is 607 g/mol. The van der Waals surface area contributed by atoms with E-state index in [2.05, 4.69) is 0 Å². The van der Waals surface area contributed by atoms with Crippen LogP contribution in [0.15, 0.2) is 66.7 Å². The average Bonchev–Trinajstić information content (AvgIpc) is 3.09. The summed E-state index contributed by atoms with van der Waals surface area (Å²) in [5, 5.41) is 19.4. The number of fused-ring (bicyclic) bond motifs is 1. The normalized spacial score (nSPS) is 17.0. The fourth-order valence-electron chi connectivity index (χ4n) is 4.94. The molecular weight excluding hydrogens is 574 g/mol. The zero-order valence-corrected chi connectivity index (χ0v) is 25.1. The minimum Gasteiger partial charge on any atom is -0.493 e. The van der Waals surface area contributed by atoms with Crippen LogP contribution in [0.3, 0.4) is 0 Å². The Morgan fingerprint density at radius 3 is 2.40 bits per heavy atom. The predicted molar refractivity (Wildman–Crippen MR) is 163 cm³/mol. The Bertz CT molecular complexity index is 1530. The molecule has 0 saturated heterocycles. The lowest BCUT2D eigenvalue weighted by atomic mass is 9.92. The summed E-state index contributed by atoms with van der Waals surface area (Å²) in [5.41, 5.74) is 1.98. The molecular formula is C33H34ClNO8. The Morgan fingerprint density at radius 2 is 1.77 bits per heavy atom. The summed E-state index contributed by atoms with van der Waals surface area (Å²) < 4.78 is 17.8. The van der Waals surface area contributed by atoms with Crippen LogP contribution in [0, 0.1) is 5.41 Å². The number of aliphatic hydroxyl groups excluding tert-OH is 1. The van der Waals surface area contributed by atoms with Gasteiger partial charge in [-0.2, -0.15) is 0 Å². The second-order valence-electron chi connectivity index (χ2n) is 11.0. The Balaban J connectivity index is 1.81. The van der Waals surface area contributed by atoms with Crippen LogP contribution in [-0.2, 0) is 14.3 Å². The number of Topliss-reactive ketones (excluding diaryl/α,β-unsaturated/α-hetero) is 1. The van der Waals surface area contributed by atoms with E-state index in [1.807, 2.05) is 13.8 Å². The lowest BCUT2D eigenvalue weighted by molar-refractivity contribution is -0.132. The smallest absolute Gasteiger partial charge is 0.328 e. The third-order valence-electron chi connectivity index (χ3n) is 7.16. The van der Waals surface area contributed by atoms with E-state index in [0.717, 1.165) is 6.08 Å². The number of carboxylic acid groups (broad SMARTS) is 1. The number of ketones is 1. The van der Waals surface area contributed by atoms with Crippen molar-refractivity contribution in [3.8, 4) is 11.5 Å². The van der Waals surface area contributed by atoms with Gasteiger partial charge in [0.1, 0.15) is 12.2 Å². The maximum absolute atomic E-state index is 14.2. The largest absolute Gasteiger partial charge is 0.493 e. The Hall–Kier alpha value is -4.18. The Labute approximate surface area is 255 Å². The number of methoxy groups -OCH3 is 2. The topological polar surface area (TPSA) is 123 Å². The number of halogens is 1. The second-order valence-corrected chi connectivity index (χ2v) is 11.4. The highest BCUT2D eigenvalue weighted by atomic mass is 35.5. The summed E-state index contributed by atoms with van der Waals surface area (Å²) in [4.78, 5) is 40.1. The predicted octanol–water partition coefficient (Wildman–Crippen LogP) is 5.57. The Kier molecular flexibility index (Phi) is 9.91. The number of amides is 1. The van der Waals surface area contributed by atoms with Gasteiger partial charge in [-0.3, -0.25) is 9.59 Å². The van der Waals surface area contributed by atoms with Gasteiger partial charge >= 0.3 is 5.97 Å². The molecule has 2 atom stereocenters. The summed E-state index contributed by atoms with van der Waals surface area (Å²) >= 11 is 6.47. The molecule has 0 unspecified atom stereocenters. The summed E-state index contributed by atoms with van der Waals surface area (Å²) in [6.45, 7) is 3.65. The van der Waals surface area contributed by atoms with Crippen molar-refractivity contribution in [1.82, 2.24) is 0 Å².